The van der Waals surface area contributed by atoms with E-state index in [1.54, 1.807) is 0 Å². The normalized spacial score (nSPS) is 21.1. The number of likely N-dealkylation sites (tertiary alicyclic amines) is 1. The largest absolute Gasteiger partial charge is 0.387 e. The molecule has 0 saturated carbocycles. The molecule has 0 radical (unpaired) electrons. The zero-order valence-corrected chi connectivity index (χ0v) is 13.9. The van der Waals surface area contributed by atoms with Crippen LogP contribution in [-0.4, -0.2) is 54.7 Å². The maximum atomic E-state index is 10.3. The van der Waals surface area contributed by atoms with Gasteiger partial charge in [0.1, 0.15) is 0 Å². The molecule has 2 rings (SSSR count). The molecule has 0 aliphatic carbocycles. The number of benzene rings is 1. The Morgan fingerprint density at radius 1 is 1.48 bits per heavy atom. The van der Waals surface area contributed by atoms with Gasteiger partial charge in [0.25, 0.3) is 0 Å². The molecule has 1 aliphatic rings. The maximum Gasteiger partial charge on any atom is 0.0917 e. The van der Waals surface area contributed by atoms with Crippen molar-refractivity contribution in [1.29, 1.82) is 0 Å². The summed E-state index contributed by atoms with van der Waals surface area (Å²) in [6, 6.07) is 7.54. The van der Waals surface area contributed by atoms with Crippen LogP contribution in [0.25, 0.3) is 0 Å². The Bertz CT molecular complexity index is 441. The van der Waals surface area contributed by atoms with E-state index in [9.17, 15) is 5.11 Å². The fraction of sp³-hybridized carbons (Fsp3) is 0.647. The highest BCUT2D eigenvalue weighted by molar-refractivity contribution is 6.30. The molecule has 1 aromatic rings. The molecule has 3 nitrogen and oxygen atoms in total. The van der Waals surface area contributed by atoms with Crippen molar-refractivity contribution in [2.75, 3.05) is 39.8 Å². The third-order valence-corrected chi connectivity index (χ3v) is 4.44. The zero-order chi connectivity index (χ0) is 15.2. The van der Waals surface area contributed by atoms with E-state index in [4.69, 9.17) is 11.6 Å². The smallest absolute Gasteiger partial charge is 0.0917 e. The van der Waals surface area contributed by atoms with E-state index in [1.165, 1.54) is 19.4 Å². The van der Waals surface area contributed by atoms with E-state index in [1.807, 2.05) is 24.3 Å². The molecular formula is C17H27ClN2O. The number of aliphatic hydroxyl groups is 1. The van der Waals surface area contributed by atoms with Crippen molar-refractivity contribution >= 4 is 11.6 Å². The molecule has 1 heterocycles. The molecule has 2 atom stereocenters. The Hall–Kier alpha value is -0.610. The summed E-state index contributed by atoms with van der Waals surface area (Å²) in [7, 11) is 2.20. The summed E-state index contributed by atoms with van der Waals surface area (Å²) in [5, 5.41) is 11.0. The average molecular weight is 311 g/mol. The summed E-state index contributed by atoms with van der Waals surface area (Å²) in [5.41, 5.74) is 0.911. The van der Waals surface area contributed by atoms with E-state index < -0.39 is 6.10 Å². The zero-order valence-electron chi connectivity index (χ0n) is 13.1. The number of hydrogen-bond acceptors (Lipinski definition) is 3. The average Bonchev–Trinajstić information content (AvgIpc) is 2.86. The quantitative estimate of drug-likeness (QED) is 0.838. The van der Waals surface area contributed by atoms with E-state index in [0.717, 1.165) is 31.1 Å². The number of aliphatic hydroxyl groups excluding tert-OH is 1. The first-order valence-corrected chi connectivity index (χ1v) is 8.30. The van der Waals surface area contributed by atoms with Gasteiger partial charge in [0.05, 0.1) is 6.10 Å². The molecular weight excluding hydrogens is 284 g/mol. The minimum atomic E-state index is -0.448. The first-order chi connectivity index (χ1) is 10.1. The highest BCUT2D eigenvalue weighted by Gasteiger charge is 2.25. The number of β-amino-alcohol motifs (C(OH)–C–C–N with tert-alkyl or cyclic N) is 1. The monoisotopic (exact) mass is 310 g/mol. The van der Waals surface area contributed by atoms with Crippen molar-refractivity contribution in [3.8, 4) is 0 Å². The Morgan fingerprint density at radius 3 is 3.00 bits per heavy atom. The molecule has 21 heavy (non-hydrogen) atoms. The van der Waals surface area contributed by atoms with Gasteiger partial charge in [0.15, 0.2) is 0 Å². The predicted molar refractivity (Wildman–Crippen MR) is 88.7 cm³/mol. The highest BCUT2D eigenvalue weighted by atomic mass is 35.5. The van der Waals surface area contributed by atoms with Gasteiger partial charge in [0, 0.05) is 24.7 Å². The summed E-state index contributed by atoms with van der Waals surface area (Å²) in [4.78, 5) is 4.79. The van der Waals surface area contributed by atoms with Crippen LogP contribution in [0.1, 0.15) is 31.4 Å². The van der Waals surface area contributed by atoms with Crippen LogP contribution in [0.2, 0.25) is 5.02 Å². The second-order valence-electron chi connectivity index (χ2n) is 6.25. The summed E-state index contributed by atoms with van der Waals surface area (Å²) >= 11 is 5.99. The van der Waals surface area contributed by atoms with Gasteiger partial charge < -0.3 is 14.9 Å². The van der Waals surface area contributed by atoms with Crippen molar-refractivity contribution < 1.29 is 5.11 Å². The second-order valence-corrected chi connectivity index (χ2v) is 6.68. The van der Waals surface area contributed by atoms with Crippen LogP contribution in [0.5, 0.6) is 0 Å². The minimum Gasteiger partial charge on any atom is -0.387 e. The topological polar surface area (TPSA) is 26.7 Å². The first kappa shape index (κ1) is 16.8. The molecule has 1 aliphatic heterocycles. The van der Waals surface area contributed by atoms with Gasteiger partial charge in [-0.25, -0.2) is 0 Å². The van der Waals surface area contributed by atoms with E-state index in [-0.39, 0.29) is 0 Å². The van der Waals surface area contributed by atoms with Crippen LogP contribution in [0.15, 0.2) is 24.3 Å². The van der Waals surface area contributed by atoms with Crippen LogP contribution in [0.4, 0.5) is 0 Å². The van der Waals surface area contributed by atoms with E-state index in [0.29, 0.717) is 11.6 Å². The predicted octanol–water partition coefficient (Wildman–Crippen LogP) is 3.04. The van der Waals surface area contributed by atoms with Gasteiger partial charge in [-0.1, -0.05) is 30.7 Å². The second kappa shape index (κ2) is 8.14. The van der Waals surface area contributed by atoms with E-state index in [2.05, 4.69) is 23.8 Å². The van der Waals surface area contributed by atoms with Crippen LogP contribution >= 0.6 is 11.6 Å². The van der Waals surface area contributed by atoms with Gasteiger partial charge in [-0.05, 0) is 56.6 Å². The minimum absolute atomic E-state index is 0.448. The Labute approximate surface area is 133 Å². The van der Waals surface area contributed by atoms with Crippen LogP contribution in [0.3, 0.4) is 0 Å². The van der Waals surface area contributed by atoms with Crippen LogP contribution < -0.4 is 0 Å². The Morgan fingerprint density at radius 2 is 2.29 bits per heavy atom. The maximum absolute atomic E-state index is 10.3. The SMILES string of the molecule is CCCN(C)CC1CCN(CC(O)c2cccc(Cl)c2)C1. The molecule has 1 saturated heterocycles. The summed E-state index contributed by atoms with van der Waals surface area (Å²) in [6.45, 7) is 7.43. The summed E-state index contributed by atoms with van der Waals surface area (Å²) < 4.78 is 0. The van der Waals surface area contributed by atoms with Crippen molar-refractivity contribution in [3.05, 3.63) is 34.9 Å². The van der Waals surface area contributed by atoms with Crippen LogP contribution in [0, 0.1) is 5.92 Å². The van der Waals surface area contributed by atoms with Gasteiger partial charge in [-0.2, -0.15) is 0 Å². The number of rotatable bonds is 7. The third-order valence-electron chi connectivity index (χ3n) is 4.21. The number of hydrogen-bond donors (Lipinski definition) is 1. The number of nitrogens with zero attached hydrogens (tertiary/aromatic N) is 2. The molecule has 118 valence electrons. The van der Waals surface area contributed by atoms with E-state index >= 15 is 0 Å². The molecule has 1 aromatic carbocycles. The lowest BCUT2D eigenvalue weighted by Crippen LogP contribution is -2.30. The molecule has 0 amide bonds. The summed E-state index contributed by atoms with van der Waals surface area (Å²) in [6.07, 6.45) is 1.99. The summed E-state index contributed by atoms with van der Waals surface area (Å²) in [5.74, 6) is 0.730. The molecule has 0 spiro atoms. The lowest BCUT2D eigenvalue weighted by atomic mass is 10.1. The number of halogens is 1. The molecule has 1 N–H and O–H groups in total. The standard InChI is InChI=1S/C17H27ClN2O/c1-3-8-19(2)11-14-7-9-20(12-14)13-17(21)15-5-4-6-16(18)10-15/h4-6,10,14,17,21H,3,7-9,11-13H2,1-2H3. The highest BCUT2D eigenvalue weighted by Crippen LogP contribution is 2.23. The fourth-order valence-electron chi connectivity index (χ4n) is 3.21. The molecule has 0 bridgehead atoms. The van der Waals surface area contributed by atoms with Gasteiger partial charge >= 0.3 is 0 Å². The van der Waals surface area contributed by atoms with Gasteiger partial charge in [-0.15, -0.1) is 0 Å². The molecule has 1 fully saturated rings. The Kier molecular flexibility index (Phi) is 6.49. The lowest BCUT2D eigenvalue weighted by molar-refractivity contribution is 0.123. The molecule has 4 heteroatoms. The first-order valence-electron chi connectivity index (χ1n) is 7.93. The van der Waals surface area contributed by atoms with Crippen molar-refractivity contribution in [2.24, 2.45) is 5.92 Å². The third kappa shape index (κ3) is 5.26. The van der Waals surface area contributed by atoms with Crippen LogP contribution in [-0.2, 0) is 0 Å². The van der Waals surface area contributed by atoms with Gasteiger partial charge in [-0.3, -0.25) is 0 Å². The lowest BCUT2D eigenvalue weighted by Gasteiger charge is -2.22. The van der Waals surface area contributed by atoms with Crippen molar-refractivity contribution in [3.63, 3.8) is 0 Å². The molecule has 0 aromatic heterocycles. The Balaban J connectivity index is 1.79. The molecule has 2 unspecified atom stereocenters. The fourth-order valence-corrected chi connectivity index (χ4v) is 3.40. The van der Waals surface area contributed by atoms with Crippen molar-refractivity contribution in [2.45, 2.75) is 25.9 Å². The van der Waals surface area contributed by atoms with Gasteiger partial charge in [0.2, 0.25) is 0 Å². The van der Waals surface area contributed by atoms with Crippen molar-refractivity contribution in [1.82, 2.24) is 9.80 Å².